The highest BCUT2D eigenvalue weighted by Gasteiger charge is 2.02. The van der Waals surface area contributed by atoms with E-state index in [-0.39, 0.29) is 0 Å². The highest BCUT2D eigenvalue weighted by molar-refractivity contribution is 5.17. The summed E-state index contributed by atoms with van der Waals surface area (Å²) in [5, 5.41) is 0. The molecule has 0 aliphatic rings. The molecule has 150 valence electrons. The van der Waals surface area contributed by atoms with Gasteiger partial charge in [0.25, 0.3) is 0 Å². The first-order chi connectivity index (χ1) is 13.7. The van der Waals surface area contributed by atoms with Crippen LogP contribution in [-0.2, 0) is 35.2 Å². The van der Waals surface area contributed by atoms with Crippen LogP contribution in [0.15, 0.2) is 72.9 Å². The van der Waals surface area contributed by atoms with Crippen LogP contribution in [0.3, 0.4) is 0 Å². The Hall–Kier alpha value is -2.56. The number of nitrogens with zero attached hydrogens (tertiary/aromatic N) is 2. The molecule has 0 N–H and O–H groups in total. The summed E-state index contributed by atoms with van der Waals surface area (Å²) in [6, 6.07) is 23.1. The van der Waals surface area contributed by atoms with Crippen LogP contribution in [0.2, 0.25) is 0 Å². The van der Waals surface area contributed by atoms with Gasteiger partial charge in [-0.15, -0.1) is 0 Å². The first-order valence-corrected chi connectivity index (χ1v) is 9.42. The number of aromatic nitrogens is 2. The van der Waals surface area contributed by atoms with Crippen LogP contribution in [0, 0.1) is 0 Å². The molecule has 0 bridgehead atoms. The van der Waals surface area contributed by atoms with Crippen molar-refractivity contribution >= 4 is 0 Å². The van der Waals surface area contributed by atoms with Gasteiger partial charge in [-0.25, -0.2) is 9.97 Å². The molecule has 1 heterocycles. The second-order valence-corrected chi connectivity index (χ2v) is 6.25. The van der Waals surface area contributed by atoms with E-state index in [1.807, 2.05) is 18.3 Å². The average molecular weight is 381 g/mol. The lowest BCUT2D eigenvalue weighted by molar-refractivity contribution is 0.277. The van der Waals surface area contributed by atoms with Gasteiger partial charge in [-0.1, -0.05) is 60.7 Å². The molecule has 0 fully saturated rings. The van der Waals surface area contributed by atoms with Crippen LogP contribution in [-0.4, -0.2) is 38.4 Å². The van der Waals surface area contributed by atoms with E-state index in [2.05, 4.69) is 69.1 Å². The molecule has 2 aromatic carbocycles. The van der Waals surface area contributed by atoms with Gasteiger partial charge in [-0.2, -0.15) is 0 Å². The smallest absolute Gasteiger partial charge is 0.128 e. The van der Waals surface area contributed by atoms with E-state index in [4.69, 9.17) is 4.98 Å². The van der Waals surface area contributed by atoms with Gasteiger partial charge in [0.15, 0.2) is 0 Å². The minimum Gasteiger partial charge on any atom is -0.388 e. The third-order valence-corrected chi connectivity index (χ3v) is 3.76. The molecule has 0 spiro atoms. The molecule has 0 unspecified atom stereocenters. The summed E-state index contributed by atoms with van der Waals surface area (Å²) in [5.74, 6) is 0.939. The molecule has 0 aliphatic carbocycles. The molecule has 4 heteroatoms. The second kappa shape index (κ2) is 15.5. The summed E-state index contributed by atoms with van der Waals surface area (Å²) in [4.78, 5) is 9.09. The Morgan fingerprint density at radius 2 is 1.07 bits per heavy atom. The highest BCUT2D eigenvalue weighted by Crippen LogP contribution is 2.07. The van der Waals surface area contributed by atoms with Gasteiger partial charge >= 0.3 is 0 Å². The van der Waals surface area contributed by atoms with Crippen molar-refractivity contribution in [3.63, 3.8) is 0 Å². The SMILES string of the molecule is COC.COC.c1ccc(CCc2ccnc(CCc3ccccc3)n2)cc1. The second-order valence-electron chi connectivity index (χ2n) is 6.25. The number of hydrogen-bond acceptors (Lipinski definition) is 4. The van der Waals surface area contributed by atoms with E-state index in [0.717, 1.165) is 37.2 Å². The van der Waals surface area contributed by atoms with Gasteiger partial charge < -0.3 is 9.47 Å². The van der Waals surface area contributed by atoms with E-state index in [9.17, 15) is 0 Å². The molecule has 0 saturated carbocycles. The Bertz CT molecular complexity index is 673. The summed E-state index contributed by atoms with van der Waals surface area (Å²) >= 11 is 0. The molecular formula is C24H32N2O2. The van der Waals surface area contributed by atoms with Crippen LogP contribution in [0.1, 0.15) is 22.6 Å². The lowest BCUT2D eigenvalue weighted by Gasteiger charge is -2.05. The number of methoxy groups -OCH3 is 2. The van der Waals surface area contributed by atoms with Gasteiger partial charge in [0, 0.05) is 46.8 Å². The first-order valence-electron chi connectivity index (χ1n) is 9.42. The van der Waals surface area contributed by atoms with E-state index in [1.54, 1.807) is 28.4 Å². The van der Waals surface area contributed by atoms with E-state index >= 15 is 0 Å². The normalized spacial score (nSPS) is 9.57. The quantitative estimate of drug-likeness (QED) is 0.628. The minimum absolute atomic E-state index is 0.892. The molecule has 3 rings (SSSR count). The van der Waals surface area contributed by atoms with Crippen molar-refractivity contribution < 1.29 is 9.47 Å². The number of rotatable bonds is 6. The lowest BCUT2D eigenvalue weighted by Crippen LogP contribution is -2.02. The monoisotopic (exact) mass is 380 g/mol. The molecule has 0 radical (unpaired) electrons. The Balaban J connectivity index is 0.000000582. The average Bonchev–Trinajstić information content (AvgIpc) is 2.74. The number of hydrogen-bond donors (Lipinski definition) is 0. The van der Waals surface area contributed by atoms with Crippen LogP contribution in [0.4, 0.5) is 0 Å². The van der Waals surface area contributed by atoms with Crippen molar-refractivity contribution in [2.45, 2.75) is 25.7 Å². The van der Waals surface area contributed by atoms with Crippen molar-refractivity contribution in [1.29, 1.82) is 0 Å². The summed E-state index contributed by atoms with van der Waals surface area (Å²) < 4.78 is 8.50. The van der Waals surface area contributed by atoms with Crippen LogP contribution < -0.4 is 0 Å². The molecule has 0 saturated heterocycles. The van der Waals surface area contributed by atoms with Crippen molar-refractivity contribution in [2.75, 3.05) is 28.4 Å². The number of ether oxygens (including phenoxy) is 2. The predicted octanol–water partition coefficient (Wildman–Crippen LogP) is 4.57. The summed E-state index contributed by atoms with van der Waals surface area (Å²) in [7, 11) is 6.50. The van der Waals surface area contributed by atoms with Crippen molar-refractivity contribution in [2.24, 2.45) is 0 Å². The van der Waals surface area contributed by atoms with Crippen molar-refractivity contribution in [3.8, 4) is 0 Å². The maximum absolute atomic E-state index is 4.69. The fraction of sp³-hybridized carbons (Fsp3) is 0.333. The van der Waals surface area contributed by atoms with E-state index < -0.39 is 0 Å². The lowest BCUT2D eigenvalue weighted by atomic mass is 10.1. The number of aryl methyl sites for hydroxylation is 4. The fourth-order valence-corrected chi connectivity index (χ4v) is 2.52. The van der Waals surface area contributed by atoms with E-state index in [0.29, 0.717) is 0 Å². The minimum atomic E-state index is 0.892. The van der Waals surface area contributed by atoms with Gasteiger partial charge in [0.1, 0.15) is 5.82 Å². The Morgan fingerprint density at radius 1 is 0.607 bits per heavy atom. The molecule has 0 aliphatic heterocycles. The maximum Gasteiger partial charge on any atom is 0.128 e. The van der Waals surface area contributed by atoms with Crippen LogP contribution in [0.5, 0.6) is 0 Å². The Labute approximate surface area is 169 Å². The Morgan fingerprint density at radius 3 is 1.57 bits per heavy atom. The van der Waals surface area contributed by atoms with Gasteiger partial charge in [0.2, 0.25) is 0 Å². The summed E-state index contributed by atoms with van der Waals surface area (Å²) in [6.45, 7) is 0. The molecule has 1 aromatic heterocycles. The van der Waals surface area contributed by atoms with Crippen molar-refractivity contribution in [3.05, 3.63) is 95.6 Å². The van der Waals surface area contributed by atoms with Crippen LogP contribution in [0.25, 0.3) is 0 Å². The molecule has 0 atom stereocenters. The fourth-order valence-electron chi connectivity index (χ4n) is 2.52. The number of benzene rings is 2. The maximum atomic E-state index is 4.69. The molecule has 4 nitrogen and oxygen atoms in total. The van der Waals surface area contributed by atoms with E-state index in [1.165, 1.54) is 11.1 Å². The Kier molecular flexibility index (Phi) is 13.0. The molecule has 28 heavy (non-hydrogen) atoms. The summed E-state index contributed by atoms with van der Waals surface area (Å²) in [6.07, 6.45) is 5.75. The zero-order valence-electron chi connectivity index (χ0n) is 17.5. The zero-order chi connectivity index (χ0) is 20.5. The predicted molar refractivity (Wildman–Crippen MR) is 116 cm³/mol. The third-order valence-electron chi connectivity index (χ3n) is 3.76. The van der Waals surface area contributed by atoms with Gasteiger partial charge in [-0.05, 0) is 36.5 Å². The largest absolute Gasteiger partial charge is 0.388 e. The highest BCUT2D eigenvalue weighted by atomic mass is 16.5. The first kappa shape index (κ1) is 23.5. The molecular weight excluding hydrogens is 348 g/mol. The van der Waals surface area contributed by atoms with Crippen LogP contribution >= 0.6 is 0 Å². The van der Waals surface area contributed by atoms with Crippen molar-refractivity contribution in [1.82, 2.24) is 9.97 Å². The standard InChI is InChI=1S/C20H20N2.2C2H6O/c1-3-7-17(8-4-1)11-13-19-15-16-21-20(22-19)14-12-18-9-5-2-6-10-18;2*1-3-2/h1-10,15-16H,11-14H2;2*1-2H3. The topological polar surface area (TPSA) is 44.2 Å². The molecule has 3 aromatic rings. The third kappa shape index (κ3) is 10.6. The summed E-state index contributed by atoms with van der Waals surface area (Å²) in [5.41, 5.74) is 3.81. The van der Waals surface area contributed by atoms with Gasteiger partial charge in [-0.3, -0.25) is 0 Å². The zero-order valence-corrected chi connectivity index (χ0v) is 17.5. The molecule has 0 amide bonds. The van der Waals surface area contributed by atoms with Gasteiger partial charge in [0.05, 0.1) is 0 Å².